The first-order valence-electron chi connectivity index (χ1n) is 5.58. The predicted octanol–water partition coefficient (Wildman–Crippen LogP) is 1.98. The number of thioether (sulfide) groups is 1. The van der Waals surface area contributed by atoms with E-state index >= 15 is 0 Å². The third-order valence-electron chi connectivity index (χ3n) is 2.57. The normalized spacial score (nSPS) is 11.2. The third kappa shape index (κ3) is 1.74. The summed E-state index contributed by atoms with van der Waals surface area (Å²) in [5.74, 6) is 0.852. The molecule has 0 amide bonds. The fraction of sp³-hybridized carbons (Fsp3) is 0.167. The van der Waals surface area contributed by atoms with Gasteiger partial charge in [-0.05, 0) is 11.8 Å². The van der Waals surface area contributed by atoms with Crippen LogP contribution >= 0.6 is 11.8 Å². The Bertz CT molecular complexity index is 784. The molecule has 3 rings (SSSR count). The zero-order chi connectivity index (χ0) is 12.5. The second kappa shape index (κ2) is 4.38. The van der Waals surface area contributed by atoms with Crippen LogP contribution in [0, 0.1) is 0 Å². The van der Waals surface area contributed by atoms with Crippen molar-refractivity contribution in [1.29, 1.82) is 0 Å². The van der Waals surface area contributed by atoms with Crippen molar-refractivity contribution in [1.82, 2.24) is 20.2 Å². The highest BCUT2D eigenvalue weighted by Crippen LogP contribution is 2.19. The van der Waals surface area contributed by atoms with E-state index in [4.69, 9.17) is 0 Å². The van der Waals surface area contributed by atoms with E-state index in [1.54, 1.807) is 0 Å². The van der Waals surface area contributed by atoms with Gasteiger partial charge in [-0.1, -0.05) is 36.9 Å². The number of H-pyrrole nitrogens is 1. The topological polar surface area (TPSA) is 71.5 Å². The maximum Gasteiger partial charge on any atom is 0.280 e. The first kappa shape index (κ1) is 11.2. The Labute approximate surface area is 107 Å². The van der Waals surface area contributed by atoms with Crippen molar-refractivity contribution in [2.45, 2.75) is 12.1 Å². The Hall–Kier alpha value is -1.95. The molecule has 0 saturated heterocycles. The molecule has 6 heteroatoms. The quantitative estimate of drug-likeness (QED) is 0.432. The number of nitrogens with zero attached hydrogens (tertiary/aromatic N) is 3. The number of rotatable bonds is 2. The van der Waals surface area contributed by atoms with Crippen LogP contribution in [0.5, 0.6) is 0 Å². The molecule has 2 heterocycles. The predicted molar refractivity (Wildman–Crippen MR) is 71.9 cm³/mol. The summed E-state index contributed by atoms with van der Waals surface area (Å²) in [6.07, 6.45) is 0. The molecule has 18 heavy (non-hydrogen) atoms. The molecule has 0 radical (unpaired) electrons. The third-order valence-corrected chi connectivity index (χ3v) is 3.33. The maximum atomic E-state index is 11.9. The smallest absolute Gasteiger partial charge is 0.280 e. The van der Waals surface area contributed by atoms with Gasteiger partial charge in [0.25, 0.3) is 5.56 Å². The van der Waals surface area contributed by atoms with Gasteiger partial charge in [0.15, 0.2) is 10.7 Å². The Morgan fingerprint density at radius 3 is 2.89 bits per heavy atom. The lowest BCUT2D eigenvalue weighted by Crippen LogP contribution is -2.11. The number of nitrogens with one attached hydrogen (secondary N) is 1. The molecule has 3 aromatic rings. The highest BCUT2D eigenvalue weighted by atomic mass is 32.2. The van der Waals surface area contributed by atoms with E-state index in [1.165, 1.54) is 11.8 Å². The molecule has 0 bridgehead atoms. The van der Waals surface area contributed by atoms with Crippen molar-refractivity contribution in [3.8, 4) is 0 Å². The summed E-state index contributed by atoms with van der Waals surface area (Å²) >= 11 is 1.50. The van der Waals surface area contributed by atoms with E-state index in [2.05, 4.69) is 20.2 Å². The minimum absolute atomic E-state index is 0.241. The van der Waals surface area contributed by atoms with E-state index in [1.807, 2.05) is 31.2 Å². The Morgan fingerprint density at radius 2 is 2.06 bits per heavy atom. The highest BCUT2D eigenvalue weighted by molar-refractivity contribution is 7.99. The summed E-state index contributed by atoms with van der Waals surface area (Å²) in [6, 6.07) is 7.55. The highest BCUT2D eigenvalue weighted by Gasteiger charge is 2.09. The number of fused-ring (bicyclic) bond motifs is 3. The molecule has 90 valence electrons. The van der Waals surface area contributed by atoms with Crippen LogP contribution in [0.4, 0.5) is 0 Å². The lowest BCUT2D eigenvalue weighted by molar-refractivity contribution is 0.957. The Morgan fingerprint density at radius 1 is 1.22 bits per heavy atom. The number of hydrogen-bond acceptors (Lipinski definition) is 5. The molecule has 0 aliphatic carbocycles. The van der Waals surface area contributed by atoms with Gasteiger partial charge in [-0.2, -0.15) is 0 Å². The van der Waals surface area contributed by atoms with E-state index in [9.17, 15) is 4.79 Å². The Kier molecular flexibility index (Phi) is 2.71. The molecule has 0 unspecified atom stereocenters. The first-order chi connectivity index (χ1) is 8.79. The van der Waals surface area contributed by atoms with Crippen LogP contribution in [-0.2, 0) is 0 Å². The van der Waals surface area contributed by atoms with Crippen LogP contribution in [0.3, 0.4) is 0 Å². The van der Waals surface area contributed by atoms with Gasteiger partial charge in [0.2, 0.25) is 0 Å². The van der Waals surface area contributed by atoms with Crippen LogP contribution < -0.4 is 5.56 Å². The van der Waals surface area contributed by atoms with Gasteiger partial charge in [-0.3, -0.25) is 9.78 Å². The number of aromatic nitrogens is 4. The summed E-state index contributed by atoms with van der Waals surface area (Å²) < 4.78 is 0. The average molecular weight is 258 g/mol. The standard InChI is InChI=1S/C12H10N4OS/c1-2-18-12-13-9-7-5-3-4-6-8(7)15-16-10(9)11(17)14-12/h3-6H,2H2,1H3,(H,13,14,17). The minimum atomic E-state index is -0.241. The van der Waals surface area contributed by atoms with Gasteiger partial charge in [-0.15, -0.1) is 10.2 Å². The van der Waals surface area contributed by atoms with Gasteiger partial charge >= 0.3 is 0 Å². The lowest BCUT2D eigenvalue weighted by atomic mass is 10.2. The van der Waals surface area contributed by atoms with Gasteiger partial charge in [0.05, 0.1) is 5.52 Å². The number of aromatic amines is 1. The molecule has 5 nitrogen and oxygen atoms in total. The summed E-state index contributed by atoms with van der Waals surface area (Å²) in [7, 11) is 0. The van der Waals surface area contributed by atoms with Crippen molar-refractivity contribution in [2.24, 2.45) is 0 Å². The van der Waals surface area contributed by atoms with Crippen LogP contribution in [0.1, 0.15) is 6.92 Å². The zero-order valence-corrected chi connectivity index (χ0v) is 10.5. The average Bonchev–Trinajstić information content (AvgIpc) is 2.39. The van der Waals surface area contributed by atoms with Crippen molar-refractivity contribution in [2.75, 3.05) is 5.75 Å². The molecule has 0 aliphatic rings. The van der Waals surface area contributed by atoms with E-state index in [0.29, 0.717) is 10.7 Å². The van der Waals surface area contributed by atoms with Crippen LogP contribution in [0.2, 0.25) is 0 Å². The fourth-order valence-corrected chi connectivity index (χ4v) is 2.39. The fourth-order valence-electron chi connectivity index (χ4n) is 1.80. The molecule has 1 N–H and O–H groups in total. The number of benzene rings is 1. The maximum absolute atomic E-state index is 11.9. The van der Waals surface area contributed by atoms with Crippen molar-refractivity contribution in [3.63, 3.8) is 0 Å². The number of hydrogen-bond donors (Lipinski definition) is 1. The van der Waals surface area contributed by atoms with Crippen LogP contribution in [0.15, 0.2) is 34.2 Å². The van der Waals surface area contributed by atoms with E-state index in [-0.39, 0.29) is 11.1 Å². The lowest BCUT2D eigenvalue weighted by Gasteiger charge is -2.02. The van der Waals surface area contributed by atoms with Crippen molar-refractivity contribution in [3.05, 3.63) is 34.6 Å². The Balaban J connectivity index is 2.44. The molecule has 0 spiro atoms. The van der Waals surface area contributed by atoms with E-state index < -0.39 is 0 Å². The molecule has 2 aromatic heterocycles. The SMILES string of the molecule is CCSc1nc2c(nnc3ccccc32)c(=O)[nH]1. The first-order valence-corrected chi connectivity index (χ1v) is 6.56. The molecule has 0 atom stereocenters. The summed E-state index contributed by atoms with van der Waals surface area (Å²) in [6.45, 7) is 2.01. The van der Waals surface area contributed by atoms with Crippen LogP contribution in [-0.4, -0.2) is 25.9 Å². The molecular formula is C12H10N4OS. The van der Waals surface area contributed by atoms with E-state index in [0.717, 1.165) is 16.7 Å². The second-order valence-electron chi connectivity index (χ2n) is 3.72. The summed E-state index contributed by atoms with van der Waals surface area (Å²) in [5.41, 5.74) is 1.40. The molecule has 0 fully saturated rings. The largest absolute Gasteiger partial charge is 0.300 e. The summed E-state index contributed by atoms with van der Waals surface area (Å²) in [4.78, 5) is 19.1. The minimum Gasteiger partial charge on any atom is -0.300 e. The van der Waals surface area contributed by atoms with Crippen LogP contribution in [0.25, 0.3) is 21.9 Å². The van der Waals surface area contributed by atoms with Crippen molar-refractivity contribution < 1.29 is 0 Å². The zero-order valence-electron chi connectivity index (χ0n) is 9.67. The molecular weight excluding hydrogens is 248 g/mol. The monoisotopic (exact) mass is 258 g/mol. The van der Waals surface area contributed by atoms with Gasteiger partial charge in [0.1, 0.15) is 5.52 Å². The second-order valence-corrected chi connectivity index (χ2v) is 4.97. The summed E-state index contributed by atoms with van der Waals surface area (Å²) in [5, 5.41) is 9.45. The molecule has 0 aliphatic heterocycles. The molecule has 0 saturated carbocycles. The van der Waals surface area contributed by atoms with Crippen molar-refractivity contribution >= 4 is 33.7 Å². The van der Waals surface area contributed by atoms with Gasteiger partial charge < -0.3 is 0 Å². The van der Waals surface area contributed by atoms with Gasteiger partial charge in [0, 0.05) is 5.39 Å². The van der Waals surface area contributed by atoms with Gasteiger partial charge in [-0.25, -0.2) is 4.98 Å². The molecule has 1 aromatic carbocycles.